The molecule has 18 heavy (non-hydrogen) atoms. The fourth-order valence-electron chi connectivity index (χ4n) is 2.27. The van der Waals surface area contributed by atoms with Crippen molar-refractivity contribution in [1.29, 1.82) is 0 Å². The van der Waals surface area contributed by atoms with Crippen molar-refractivity contribution in [2.75, 3.05) is 25.0 Å². The number of carboxylic acid groups (broad SMARTS) is 1. The lowest BCUT2D eigenvalue weighted by Gasteiger charge is -2.23. The van der Waals surface area contributed by atoms with E-state index in [1.807, 2.05) is 12.3 Å². The molecule has 1 aromatic rings. The Morgan fingerprint density at radius 2 is 2.28 bits per heavy atom. The highest BCUT2D eigenvalue weighted by Crippen LogP contribution is 2.35. The van der Waals surface area contributed by atoms with Crippen LogP contribution in [0.1, 0.15) is 23.0 Å². The van der Waals surface area contributed by atoms with Crippen molar-refractivity contribution in [2.45, 2.75) is 13.3 Å². The van der Waals surface area contributed by atoms with Crippen molar-refractivity contribution in [3.63, 3.8) is 0 Å². The third kappa shape index (κ3) is 2.20. The normalized spacial score (nSPS) is 23.1. The van der Waals surface area contributed by atoms with E-state index in [0.717, 1.165) is 18.7 Å². The lowest BCUT2D eigenvalue weighted by molar-refractivity contribution is -0.128. The van der Waals surface area contributed by atoms with Gasteiger partial charge < -0.3 is 15.3 Å². The maximum absolute atomic E-state index is 11.8. The molecule has 1 aromatic heterocycles. The summed E-state index contributed by atoms with van der Waals surface area (Å²) in [6, 6.07) is 1.67. The van der Waals surface area contributed by atoms with Gasteiger partial charge in [0.05, 0.1) is 5.41 Å². The molecule has 0 bridgehead atoms. The molecule has 5 nitrogen and oxygen atoms in total. The van der Waals surface area contributed by atoms with Crippen LogP contribution in [-0.4, -0.2) is 37.1 Å². The van der Waals surface area contributed by atoms with Gasteiger partial charge in [-0.3, -0.25) is 4.79 Å². The lowest BCUT2D eigenvalue weighted by atomic mass is 9.89. The minimum atomic E-state index is -0.903. The number of carboxylic acids is 1. The molecule has 1 unspecified atom stereocenters. The quantitative estimate of drug-likeness (QED) is 0.869. The van der Waals surface area contributed by atoms with Gasteiger partial charge in [-0.2, -0.15) is 0 Å². The summed E-state index contributed by atoms with van der Waals surface area (Å²) < 4.78 is 0. The van der Waals surface area contributed by atoms with Crippen LogP contribution in [-0.2, 0) is 4.79 Å². The van der Waals surface area contributed by atoms with Crippen molar-refractivity contribution in [2.24, 2.45) is 5.41 Å². The first-order chi connectivity index (χ1) is 8.46. The van der Waals surface area contributed by atoms with Gasteiger partial charge in [0.25, 0.3) is 0 Å². The molecule has 2 heterocycles. The second-order valence-electron chi connectivity index (χ2n) is 4.79. The van der Waals surface area contributed by atoms with Crippen LogP contribution in [0.3, 0.4) is 0 Å². The van der Waals surface area contributed by atoms with Crippen LogP contribution in [0, 0.1) is 5.41 Å². The van der Waals surface area contributed by atoms with Crippen LogP contribution in [0.2, 0.25) is 0 Å². The Morgan fingerprint density at radius 3 is 2.83 bits per heavy atom. The molecule has 1 aliphatic rings. The molecule has 0 saturated carbocycles. The highest BCUT2D eigenvalue weighted by molar-refractivity contribution is 7.12. The van der Waals surface area contributed by atoms with Crippen LogP contribution in [0.15, 0.2) is 11.4 Å². The maximum atomic E-state index is 11.8. The summed E-state index contributed by atoms with van der Waals surface area (Å²) in [6.45, 7) is 3.35. The van der Waals surface area contributed by atoms with Gasteiger partial charge in [0, 0.05) is 31.2 Å². The van der Waals surface area contributed by atoms with Crippen LogP contribution in [0.25, 0.3) is 0 Å². The lowest BCUT2D eigenvalue weighted by Crippen LogP contribution is -2.39. The maximum Gasteiger partial charge on any atom is 0.345 e. The minimum absolute atomic E-state index is 0.0405. The Morgan fingerprint density at radius 1 is 1.56 bits per heavy atom. The van der Waals surface area contributed by atoms with Gasteiger partial charge in [-0.25, -0.2) is 4.79 Å². The summed E-state index contributed by atoms with van der Waals surface area (Å²) in [5.74, 6) is -0.863. The molecule has 1 aliphatic heterocycles. The molecule has 98 valence electrons. The summed E-state index contributed by atoms with van der Waals surface area (Å²) in [6.07, 6.45) is 0.783. The van der Waals surface area contributed by atoms with E-state index < -0.39 is 5.97 Å². The first-order valence-corrected chi connectivity index (χ1v) is 6.63. The first-order valence-electron chi connectivity index (χ1n) is 5.75. The first kappa shape index (κ1) is 12.9. The second-order valence-corrected chi connectivity index (χ2v) is 5.70. The number of carbonyl (C=O) groups is 2. The number of hydrogen-bond donors (Lipinski definition) is 2. The van der Waals surface area contributed by atoms with E-state index in [9.17, 15) is 9.59 Å². The Balaban J connectivity index is 2.13. The number of carbonyl (C=O) groups excluding carboxylic acids is 1. The Hall–Kier alpha value is -1.56. The molecule has 0 aliphatic carbocycles. The van der Waals surface area contributed by atoms with E-state index in [4.69, 9.17) is 5.11 Å². The second kappa shape index (κ2) is 4.61. The number of nitrogens with zero attached hydrogens (tertiary/aromatic N) is 1. The highest BCUT2D eigenvalue weighted by atomic mass is 32.1. The Bertz CT molecular complexity index is 485. The highest BCUT2D eigenvalue weighted by Gasteiger charge is 2.40. The zero-order valence-corrected chi connectivity index (χ0v) is 11.2. The molecule has 2 rings (SSSR count). The zero-order valence-electron chi connectivity index (χ0n) is 10.4. The number of anilines is 1. The number of nitrogens with one attached hydrogen (secondary N) is 1. The summed E-state index contributed by atoms with van der Waals surface area (Å²) in [7, 11) is 1.64. The predicted molar refractivity (Wildman–Crippen MR) is 70.3 cm³/mol. The largest absolute Gasteiger partial charge is 0.477 e. The SMILES string of the molecule is CNC(=O)C1(C)CCN(c2csc(C(=O)O)c2)C1. The summed E-state index contributed by atoms with van der Waals surface area (Å²) >= 11 is 1.22. The van der Waals surface area contributed by atoms with Crippen LogP contribution in [0.5, 0.6) is 0 Å². The average Bonchev–Trinajstić information content (AvgIpc) is 2.95. The van der Waals surface area contributed by atoms with E-state index in [1.165, 1.54) is 11.3 Å². The van der Waals surface area contributed by atoms with Gasteiger partial charge in [0.2, 0.25) is 5.91 Å². The molecular weight excluding hydrogens is 252 g/mol. The number of amides is 1. The van der Waals surface area contributed by atoms with E-state index >= 15 is 0 Å². The van der Waals surface area contributed by atoms with Gasteiger partial charge in [0.15, 0.2) is 0 Å². The molecule has 1 fully saturated rings. The molecule has 0 spiro atoms. The van der Waals surface area contributed by atoms with E-state index in [-0.39, 0.29) is 11.3 Å². The number of rotatable bonds is 3. The number of thiophene rings is 1. The van der Waals surface area contributed by atoms with Gasteiger partial charge in [-0.1, -0.05) is 0 Å². The van der Waals surface area contributed by atoms with Crippen molar-refractivity contribution in [1.82, 2.24) is 5.32 Å². The van der Waals surface area contributed by atoms with Crippen molar-refractivity contribution in [3.05, 3.63) is 16.3 Å². The monoisotopic (exact) mass is 268 g/mol. The fraction of sp³-hybridized carbons (Fsp3) is 0.500. The Labute approximate surface area is 109 Å². The van der Waals surface area contributed by atoms with Crippen molar-refractivity contribution in [3.8, 4) is 0 Å². The van der Waals surface area contributed by atoms with E-state index in [2.05, 4.69) is 10.2 Å². The van der Waals surface area contributed by atoms with Crippen molar-refractivity contribution >= 4 is 28.9 Å². The third-order valence-electron chi connectivity index (χ3n) is 3.41. The molecule has 6 heteroatoms. The molecule has 1 amide bonds. The topological polar surface area (TPSA) is 69.6 Å². The number of hydrogen-bond acceptors (Lipinski definition) is 4. The average molecular weight is 268 g/mol. The fourth-order valence-corrected chi connectivity index (χ4v) is 3.03. The van der Waals surface area contributed by atoms with E-state index in [1.54, 1.807) is 13.1 Å². The van der Waals surface area contributed by atoms with Gasteiger partial charge in [-0.15, -0.1) is 11.3 Å². The summed E-state index contributed by atoms with van der Waals surface area (Å²) in [4.78, 5) is 25.0. The molecule has 1 saturated heterocycles. The summed E-state index contributed by atoms with van der Waals surface area (Å²) in [5.41, 5.74) is 0.505. The number of aromatic carboxylic acids is 1. The van der Waals surface area contributed by atoms with E-state index in [0.29, 0.717) is 11.4 Å². The molecule has 1 atom stereocenters. The zero-order chi connectivity index (χ0) is 13.3. The minimum Gasteiger partial charge on any atom is -0.477 e. The predicted octanol–water partition coefficient (Wildman–Crippen LogP) is 1.41. The van der Waals surface area contributed by atoms with Gasteiger partial charge in [0.1, 0.15) is 4.88 Å². The van der Waals surface area contributed by atoms with Crippen molar-refractivity contribution < 1.29 is 14.7 Å². The smallest absolute Gasteiger partial charge is 0.345 e. The molecule has 0 aromatic carbocycles. The van der Waals surface area contributed by atoms with Gasteiger partial charge >= 0.3 is 5.97 Å². The summed E-state index contributed by atoms with van der Waals surface area (Å²) in [5, 5.41) is 13.4. The Kier molecular flexibility index (Phi) is 3.30. The van der Waals surface area contributed by atoms with Crippen LogP contribution < -0.4 is 10.2 Å². The van der Waals surface area contributed by atoms with Crippen LogP contribution in [0.4, 0.5) is 5.69 Å². The third-order valence-corrected chi connectivity index (χ3v) is 4.32. The molecule has 2 N–H and O–H groups in total. The van der Waals surface area contributed by atoms with Crippen LogP contribution >= 0.6 is 11.3 Å². The standard InChI is InChI=1S/C12H16N2O3S/c1-12(11(17)13-2)3-4-14(7-12)8-5-9(10(15)16)18-6-8/h5-6H,3-4,7H2,1-2H3,(H,13,17)(H,15,16). The molecular formula is C12H16N2O3S. The molecule has 0 radical (unpaired) electrons. The van der Waals surface area contributed by atoms with Gasteiger partial charge in [-0.05, 0) is 19.4 Å².